The van der Waals surface area contributed by atoms with Crippen molar-refractivity contribution in [2.45, 2.75) is 39.2 Å². The first kappa shape index (κ1) is 20.7. The van der Waals surface area contributed by atoms with E-state index in [1.807, 2.05) is 0 Å². The SMILES string of the molecule is CCS(=O)(=O)N1CCC(NC(=NC)NCCc2c[nH]c3c(C)cccc23)CC1. The Morgan fingerprint density at radius 2 is 2.07 bits per heavy atom. The number of sulfonamides is 1. The minimum Gasteiger partial charge on any atom is -0.361 e. The van der Waals surface area contributed by atoms with Gasteiger partial charge in [0.2, 0.25) is 10.0 Å². The van der Waals surface area contributed by atoms with E-state index in [1.54, 1.807) is 18.3 Å². The highest BCUT2D eigenvalue weighted by Crippen LogP contribution is 2.21. The van der Waals surface area contributed by atoms with Crippen LogP contribution >= 0.6 is 0 Å². The van der Waals surface area contributed by atoms with Crippen LogP contribution in [0, 0.1) is 6.92 Å². The predicted octanol–water partition coefficient (Wildman–Crippen LogP) is 2.00. The van der Waals surface area contributed by atoms with Gasteiger partial charge in [0.05, 0.1) is 5.75 Å². The lowest BCUT2D eigenvalue weighted by Crippen LogP contribution is -2.50. The largest absolute Gasteiger partial charge is 0.361 e. The van der Waals surface area contributed by atoms with Crippen molar-refractivity contribution in [1.82, 2.24) is 19.9 Å². The van der Waals surface area contributed by atoms with Crippen LogP contribution in [0.3, 0.4) is 0 Å². The Balaban J connectivity index is 1.48. The standard InChI is InChI=1S/C20H31N5O2S/c1-4-28(26,27)25-12-9-17(10-13-25)24-20(21-3)22-11-8-16-14-23-19-15(2)6-5-7-18(16)19/h5-7,14,17,23H,4,8-13H2,1-3H3,(H2,21,22,24). The second-order valence-electron chi connectivity index (χ2n) is 7.28. The maximum atomic E-state index is 12.0. The number of hydrogen-bond donors (Lipinski definition) is 3. The second kappa shape index (κ2) is 8.96. The van der Waals surface area contributed by atoms with Crippen molar-refractivity contribution in [3.8, 4) is 0 Å². The molecule has 0 atom stereocenters. The third-order valence-electron chi connectivity index (χ3n) is 5.47. The van der Waals surface area contributed by atoms with Gasteiger partial charge < -0.3 is 15.6 Å². The van der Waals surface area contributed by atoms with Gasteiger partial charge in [0.25, 0.3) is 0 Å². The number of piperidine rings is 1. The van der Waals surface area contributed by atoms with Crippen LogP contribution < -0.4 is 10.6 Å². The second-order valence-corrected chi connectivity index (χ2v) is 9.54. The van der Waals surface area contributed by atoms with Crippen LogP contribution in [0.4, 0.5) is 0 Å². The molecule has 2 aromatic rings. The van der Waals surface area contributed by atoms with Gasteiger partial charge in [-0.1, -0.05) is 18.2 Å². The number of nitrogens with zero attached hydrogens (tertiary/aromatic N) is 2. The summed E-state index contributed by atoms with van der Waals surface area (Å²) in [7, 11) is -1.32. The van der Waals surface area contributed by atoms with E-state index in [4.69, 9.17) is 0 Å². The minimum absolute atomic E-state index is 0.168. The Bertz CT molecular complexity index is 927. The monoisotopic (exact) mass is 405 g/mol. The molecule has 3 N–H and O–H groups in total. The van der Waals surface area contributed by atoms with E-state index in [0.29, 0.717) is 13.1 Å². The fourth-order valence-corrected chi connectivity index (χ4v) is 4.87. The van der Waals surface area contributed by atoms with Gasteiger partial charge in [0, 0.05) is 49.8 Å². The van der Waals surface area contributed by atoms with Crippen LogP contribution in [0.15, 0.2) is 29.4 Å². The van der Waals surface area contributed by atoms with Crippen molar-refractivity contribution >= 4 is 26.9 Å². The molecule has 1 fully saturated rings. The fourth-order valence-electron chi connectivity index (χ4n) is 3.74. The molecule has 28 heavy (non-hydrogen) atoms. The number of para-hydroxylation sites is 1. The Labute approximate surface area is 167 Å². The van der Waals surface area contributed by atoms with Crippen LogP contribution in [-0.4, -0.2) is 62.1 Å². The number of H-pyrrole nitrogens is 1. The van der Waals surface area contributed by atoms with Gasteiger partial charge in [-0.05, 0) is 44.2 Å². The lowest BCUT2D eigenvalue weighted by molar-refractivity contribution is 0.306. The Hall–Kier alpha value is -2.06. The van der Waals surface area contributed by atoms with Crippen molar-refractivity contribution in [3.05, 3.63) is 35.5 Å². The van der Waals surface area contributed by atoms with Gasteiger partial charge in [-0.2, -0.15) is 0 Å². The van der Waals surface area contributed by atoms with E-state index >= 15 is 0 Å². The fraction of sp³-hybridized carbons (Fsp3) is 0.550. The maximum Gasteiger partial charge on any atom is 0.213 e. The highest BCUT2D eigenvalue weighted by atomic mass is 32.2. The maximum absolute atomic E-state index is 12.0. The first-order chi connectivity index (χ1) is 13.4. The smallest absolute Gasteiger partial charge is 0.213 e. The van der Waals surface area contributed by atoms with Crippen LogP contribution in [0.25, 0.3) is 10.9 Å². The summed E-state index contributed by atoms with van der Waals surface area (Å²) >= 11 is 0. The van der Waals surface area contributed by atoms with E-state index in [0.717, 1.165) is 31.8 Å². The summed E-state index contributed by atoms with van der Waals surface area (Å²) in [5.41, 5.74) is 3.75. The molecular weight excluding hydrogens is 374 g/mol. The quantitative estimate of drug-likeness (QED) is 0.507. The number of aromatic nitrogens is 1. The number of rotatable bonds is 6. The summed E-state index contributed by atoms with van der Waals surface area (Å²) in [5.74, 6) is 0.939. The van der Waals surface area contributed by atoms with Gasteiger partial charge in [-0.3, -0.25) is 4.99 Å². The summed E-state index contributed by atoms with van der Waals surface area (Å²) in [6.45, 7) is 5.73. The first-order valence-electron chi connectivity index (χ1n) is 9.95. The number of aromatic amines is 1. The number of aryl methyl sites for hydroxylation is 1. The third-order valence-corrected chi connectivity index (χ3v) is 7.35. The molecule has 0 spiro atoms. The molecule has 1 saturated heterocycles. The number of fused-ring (bicyclic) bond motifs is 1. The van der Waals surface area contributed by atoms with Crippen LogP contribution in [0.5, 0.6) is 0 Å². The Morgan fingerprint density at radius 1 is 1.32 bits per heavy atom. The van der Waals surface area contributed by atoms with E-state index in [-0.39, 0.29) is 11.8 Å². The molecule has 2 heterocycles. The lowest BCUT2D eigenvalue weighted by Gasteiger charge is -2.32. The zero-order chi connectivity index (χ0) is 20.1. The Kier molecular flexibility index (Phi) is 6.61. The van der Waals surface area contributed by atoms with Crippen molar-refractivity contribution in [2.75, 3.05) is 32.4 Å². The Morgan fingerprint density at radius 3 is 2.75 bits per heavy atom. The molecule has 0 amide bonds. The molecule has 8 heteroatoms. The van der Waals surface area contributed by atoms with Crippen molar-refractivity contribution in [1.29, 1.82) is 0 Å². The number of aliphatic imine (C=N–C) groups is 1. The summed E-state index contributed by atoms with van der Waals surface area (Å²) in [6, 6.07) is 6.60. The molecule has 1 aliphatic rings. The van der Waals surface area contributed by atoms with Gasteiger partial charge in [0.15, 0.2) is 5.96 Å². The van der Waals surface area contributed by atoms with Gasteiger partial charge in [0.1, 0.15) is 0 Å². The molecule has 0 aliphatic carbocycles. The van der Waals surface area contributed by atoms with Crippen molar-refractivity contribution in [3.63, 3.8) is 0 Å². The highest BCUT2D eigenvalue weighted by molar-refractivity contribution is 7.89. The van der Waals surface area contributed by atoms with Crippen molar-refractivity contribution < 1.29 is 8.42 Å². The van der Waals surface area contributed by atoms with Gasteiger partial charge in [-0.15, -0.1) is 0 Å². The van der Waals surface area contributed by atoms with Gasteiger partial charge in [-0.25, -0.2) is 12.7 Å². The van der Waals surface area contributed by atoms with E-state index in [1.165, 1.54) is 22.0 Å². The van der Waals surface area contributed by atoms with Gasteiger partial charge >= 0.3 is 0 Å². The molecule has 0 radical (unpaired) electrons. The number of hydrogen-bond acceptors (Lipinski definition) is 3. The molecule has 0 saturated carbocycles. The first-order valence-corrected chi connectivity index (χ1v) is 11.6. The molecule has 1 aliphatic heterocycles. The molecule has 7 nitrogen and oxygen atoms in total. The zero-order valence-electron chi connectivity index (χ0n) is 17.0. The highest BCUT2D eigenvalue weighted by Gasteiger charge is 2.26. The average Bonchev–Trinajstić information content (AvgIpc) is 3.12. The molecule has 0 unspecified atom stereocenters. The number of nitrogens with one attached hydrogen (secondary N) is 3. The molecule has 154 valence electrons. The molecule has 3 rings (SSSR count). The normalized spacial score (nSPS) is 17.2. The van der Waals surface area contributed by atoms with E-state index < -0.39 is 10.0 Å². The average molecular weight is 406 g/mol. The summed E-state index contributed by atoms with van der Waals surface area (Å²) < 4.78 is 25.5. The van der Waals surface area contributed by atoms with Crippen LogP contribution in [0.2, 0.25) is 0 Å². The van der Waals surface area contributed by atoms with Crippen molar-refractivity contribution in [2.24, 2.45) is 4.99 Å². The minimum atomic E-state index is -3.08. The zero-order valence-corrected chi connectivity index (χ0v) is 17.8. The third kappa shape index (κ3) is 4.67. The summed E-state index contributed by atoms with van der Waals surface area (Å²) in [6.07, 6.45) is 4.57. The van der Waals surface area contributed by atoms with E-state index in [2.05, 4.69) is 51.9 Å². The van der Waals surface area contributed by atoms with E-state index in [9.17, 15) is 8.42 Å². The number of benzene rings is 1. The number of guanidine groups is 1. The summed E-state index contributed by atoms with van der Waals surface area (Å²) in [4.78, 5) is 7.68. The molecule has 0 bridgehead atoms. The molecular formula is C20H31N5O2S. The van der Waals surface area contributed by atoms with Crippen LogP contribution in [0.1, 0.15) is 30.9 Å². The predicted molar refractivity (Wildman–Crippen MR) is 115 cm³/mol. The molecule has 1 aromatic carbocycles. The topological polar surface area (TPSA) is 89.6 Å². The van der Waals surface area contributed by atoms with Crippen LogP contribution in [-0.2, 0) is 16.4 Å². The lowest BCUT2D eigenvalue weighted by atomic mass is 10.1. The summed E-state index contributed by atoms with van der Waals surface area (Å²) in [5, 5.41) is 8.08. The molecule has 1 aromatic heterocycles.